The highest BCUT2D eigenvalue weighted by atomic mass is 16.5. The smallest absolute Gasteiger partial charge is 0.323 e. The van der Waals surface area contributed by atoms with Crippen molar-refractivity contribution < 1.29 is 19.7 Å². The number of carbonyl (C=O) groups is 1. The van der Waals surface area contributed by atoms with Gasteiger partial charge in [0.25, 0.3) is 0 Å². The Kier molecular flexibility index (Phi) is 6.09. The molecule has 174 valence electrons. The Morgan fingerprint density at radius 1 is 0.941 bits per heavy atom. The van der Waals surface area contributed by atoms with E-state index in [0.717, 1.165) is 30.0 Å². The molecule has 0 spiro atoms. The van der Waals surface area contributed by atoms with E-state index in [2.05, 4.69) is 20.6 Å². The number of amides is 2. The van der Waals surface area contributed by atoms with E-state index >= 15 is 0 Å². The first-order valence-corrected chi connectivity index (χ1v) is 10.9. The Labute approximate surface area is 195 Å². The average Bonchev–Trinajstić information content (AvgIpc) is 3.33. The van der Waals surface area contributed by atoms with Gasteiger partial charge in [-0.1, -0.05) is 12.1 Å². The molecule has 0 aliphatic carbocycles. The molecule has 1 aliphatic rings. The highest BCUT2D eigenvalue weighted by Crippen LogP contribution is 2.25. The summed E-state index contributed by atoms with van der Waals surface area (Å²) >= 11 is 0. The Morgan fingerprint density at radius 3 is 2.24 bits per heavy atom. The van der Waals surface area contributed by atoms with Gasteiger partial charge in [0.1, 0.15) is 5.52 Å². The van der Waals surface area contributed by atoms with Crippen LogP contribution >= 0.6 is 0 Å². The second-order valence-electron chi connectivity index (χ2n) is 7.85. The lowest BCUT2D eigenvalue weighted by molar-refractivity contribution is -0.0424. The number of rotatable bonds is 5. The molecular weight excluding hydrogens is 436 g/mol. The predicted molar refractivity (Wildman–Crippen MR) is 128 cm³/mol. The third-order valence-corrected chi connectivity index (χ3v) is 5.55. The van der Waals surface area contributed by atoms with E-state index in [1.54, 1.807) is 24.3 Å². The maximum atomic E-state index is 12.3. The quantitative estimate of drug-likeness (QED) is 0.338. The lowest BCUT2D eigenvalue weighted by Crippen LogP contribution is -2.37. The maximum Gasteiger partial charge on any atom is 0.323 e. The van der Waals surface area contributed by atoms with Crippen molar-refractivity contribution in [3.05, 3.63) is 72.4 Å². The van der Waals surface area contributed by atoms with Crippen molar-refractivity contribution in [3.8, 4) is 11.4 Å². The Bertz CT molecular complexity index is 1280. The van der Waals surface area contributed by atoms with Gasteiger partial charge in [0.15, 0.2) is 17.9 Å². The molecule has 10 nitrogen and oxygen atoms in total. The SMILES string of the molecule is O=C(Nc1ccc(-c2nc(N3CCOCC3)c3cccn3n2)cc1)Nc1ccc(C(O)O)cc1. The molecule has 1 fully saturated rings. The van der Waals surface area contributed by atoms with Crippen molar-refractivity contribution in [2.24, 2.45) is 0 Å². The lowest BCUT2D eigenvalue weighted by atomic mass is 10.2. The minimum atomic E-state index is -1.55. The van der Waals surface area contributed by atoms with Gasteiger partial charge in [-0.3, -0.25) is 0 Å². The molecule has 1 saturated heterocycles. The zero-order valence-electron chi connectivity index (χ0n) is 18.3. The molecule has 0 unspecified atom stereocenters. The minimum absolute atomic E-state index is 0.346. The van der Waals surface area contributed by atoms with E-state index in [9.17, 15) is 4.79 Å². The van der Waals surface area contributed by atoms with Crippen molar-refractivity contribution in [3.63, 3.8) is 0 Å². The van der Waals surface area contributed by atoms with Crippen LogP contribution in [0.1, 0.15) is 11.9 Å². The normalized spacial score (nSPS) is 13.9. The van der Waals surface area contributed by atoms with Gasteiger partial charge in [-0.15, -0.1) is 5.10 Å². The summed E-state index contributed by atoms with van der Waals surface area (Å²) in [5.74, 6) is 1.46. The summed E-state index contributed by atoms with van der Waals surface area (Å²) in [4.78, 5) is 19.4. The fraction of sp³-hybridized carbons (Fsp3) is 0.208. The summed E-state index contributed by atoms with van der Waals surface area (Å²) in [5, 5.41) is 28.4. The number of benzene rings is 2. The summed E-state index contributed by atoms with van der Waals surface area (Å²) in [6.07, 6.45) is 0.354. The van der Waals surface area contributed by atoms with Crippen molar-refractivity contribution >= 4 is 28.7 Å². The third-order valence-electron chi connectivity index (χ3n) is 5.55. The molecule has 0 bridgehead atoms. The molecule has 34 heavy (non-hydrogen) atoms. The van der Waals surface area contributed by atoms with Gasteiger partial charge in [0.2, 0.25) is 0 Å². The van der Waals surface area contributed by atoms with Gasteiger partial charge >= 0.3 is 6.03 Å². The first-order chi connectivity index (χ1) is 16.6. The second-order valence-corrected chi connectivity index (χ2v) is 7.85. The summed E-state index contributed by atoms with van der Waals surface area (Å²) in [5.41, 5.74) is 3.26. The van der Waals surface area contributed by atoms with E-state index < -0.39 is 12.3 Å². The molecule has 2 amide bonds. The number of aliphatic hydroxyl groups excluding tert-OH is 1. The average molecular weight is 460 g/mol. The zero-order valence-corrected chi connectivity index (χ0v) is 18.3. The van der Waals surface area contributed by atoms with E-state index in [0.29, 0.717) is 36.0 Å². The molecule has 4 N–H and O–H groups in total. The van der Waals surface area contributed by atoms with Gasteiger partial charge in [0, 0.05) is 41.8 Å². The predicted octanol–water partition coefficient (Wildman–Crippen LogP) is 2.86. The fourth-order valence-electron chi connectivity index (χ4n) is 3.78. The Morgan fingerprint density at radius 2 is 1.59 bits per heavy atom. The summed E-state index contributed by atoms with van der Waals surface area (Å²) < 4.78 is 7.30. The van der Waals surface area contributed by atoms with Gasteiger partial charge in [-0.05, 0) is 48.5 Å². The number of carbonyl (C=O) groups excluding carboxylic acids is 1. The van der Waals surface area contributed by atoms with Gasteiger partial charge in [-0.25, -0.2) is 14.3 Å². The maximum absolute atomic E-state index is 12.3. The highest BCUT2D eigenvalue weighted by molar-refractivity contribution is 5.99. The second kappa shape index (κ2) is 9.48. The van der Waals surface area contributed by atoms with E-state index in [4.69, 9.17) is 19.9 Å². The van der Waals surface area contributed by atoms with Crippen LogP contribution < -0.4 is 15.5 Å². The van der Waals surface area contributed by atoms with Crippen LogP contribution in [0.15, 0.2) is 66.9 Å². The number of fused-ring (bicyclic) bond motifs is 1. The molecule has 5 rings (SSSR count). The van der Waals surface area contributed by atoms with Gasteiger partial charge in [-0.2, -0.15) is 0 Å². The molecule has 2 aromatic carbocycles. The third kappa shape index (κ3) is 4.69. The first kappa shape index (κ1) is 21.8. The number of hydrogen-bond donors (Lipinski definition) is 4. The number of nitrogens with zero attached hydrogens (tertiary/aromatic N) is 4. The molecule has 10 heteroatoms. The van der Waals surface area contributed by atoms with Crippen LogP contribution in [0.5, 0.6) is 0 Å². The molecule has 0 radical (unpaired) electrons. The molecule has 1 aliphatic heterocycles. The van der Waals surface area contributed by atoms with Gasteiger partial charge in [0.05, 0.1) is 13.2 Å². The van der Waals surface area contributed by atoms with E-state index in [-0.39, 0.29) is 0 Å². The summed E-state index contributed by atoms with van der Waals surface area (Å²) in [6, 6.07) is 17.1. The van der Waals surface area contributed by atoms with Gasteiger partial charge < -0.3 is 30.5 Å². The number of urea groups is 1. The van der Waals surface area contributed by atoms with Crippen LogP contribution in [0.2, 0.25) is 0 Å². The van der Waals surface area contributed by atoms with Crippen LogP contribution in [-0.2, 0) is 4.74 Å². The number of anilines is 3. The number of morpholine rings is 1. The number of aromatic nitrogens is 3. The first-order valence-electron chi connectivity index (χ1n) is 10.9. The molecule has 4 aromatic rings. The Hall–Kier alpha value is -3.99. The highest BCUT2D eigenvalue weighted by Gasteiger charge is 2.18. The molecule has 3 heterocycles. The van der Waals surface area contributed by atoms with Crippen LogP contribution in [-0.4, -0.2) is 57.1 Å². The molecular formula is C24H24N6O4. The Balaban J connectivity index is 1.30. The molecule has 0 atom stereocenters. The summed E-state index contributed by atoms with van der Waals surface area (Å²) in [7, 11) is 0. The fourth-order valence-corrected chi connectivity index (χ4v) is 3.78. The van der Waals surface area contributed by atoms with Crippen LogP contribution in [0, 0.1) is 0 Å². The van der Waals surface area contributed by atoms with Crippen LogP contribution in [0.25, 0.3) is 16.9 Å². The van der Waals surface area contributed by atoms with Crippen molar-refractivity contribution in [2.45, 2.75) is 6.29 Å². The molecule has 2 aromatic heterocycles. The van der Waals surface area contributed by atoms with E-state index in [1.807, 2.05) is 35.0 Å². The van der Waals surface area contributed by atoms with Crippen LogP contribution in [0.4, 0.5) is 22.0 Å². The standard InChI is InChI=1S/C24H24N6O4/c31-23(32)17-5-9-19(10-6-17)26-24(33)25-18-7-3-16(4-8-18)21-27-22(29-12-14-34-15-13-29)20-2-1-11-30(20)28-21/h1-11,23,31-32H,12-15H2,(H2,25,26,33). The topological polar surface area (TPSA) is 124 Å². The lowest BCUT2D eigenvalue weighted by Gasteiger charge is -2.28. The van der Waals surface area contributed by atoms with Crippen molar-refractivity contribution in [2.75, 3.05) is 41.8 Å². The monoisotopic (exact) mass is 460 g/mol. The van der Waals surface area contributed by atoms with E-state index in [1.165, 1.54) is 12.1 Å². The minimum Gasteiger partial charge on any atom is -0.378 e. The number of nitrogens with one attached hydrogen (secondary N) is 2. The van der Waals surface area contributed by atoms with Crippen molar-refractivity contribution in [1.82, 2.24) is 14.6 Å². The number of aliphatic hydroxyl groups is 2. The number of hydrogen-bond acceptors (Lipinski definition) is 7. The summed E-state index contributed by atoms with van der Waals surface area (Å²) in [6.45, 7) is 2.89. The molecule has 0 saturated carbocycles. The van der Waals surface area contributed by atoms with Crippen molar-refractivity contribution in [1.29, 1.82) is 0 Å². The number of ether oxygens (including phenoxy) is 1. The zero-order chi connectivity index (χ0) is 23.5. The van der Waals surface area contributed by atoms with Crippen LogP contribution in [0.3, 0.4) is 0 Å². The largest absolute Gasteiger partial charge is 0.378 e.